The summed E-state index contributed by atoms with van der Waals surface area (Å²) in [5.74, 6) is -0.644. The fourth-order valence-corrected chi connectivity index (χ4v) is 1.36. The standard InChI is InChI=1S/C12H7ClF2O/c13-10-2-1-3-11(12(10)15)16-9-6-4-8(14)5-7-9/h1-7H. The average Bonchev–Trinajstić information content (AvgIpc) is 2.28. The highest BCUT2D eigenvalue weighted by atomic mass is 35.5. The lowest BCUT2D eigenvalue weighted by Gasteiger charge is -2.06. The van der Waals surface area contributed by atoms with E-state index >= 15 is 0 Å². The second kappa shape index (κ2) is 4.49. The van der Waals surface area contributed by atoms with Crippen LogP contribution in [0, 0.1) is 11.6 Å². The van der Waals surface area contributed by atoms with Gasteiger partial charge in [0, 0.05) is 0 Å². The van der Waals surface area contributed by atoms with Gasteiger partial charge in [-0.2, -0.15) is 0 Å². The maximum Gasteiger partial charge on any atom is 0.184 e. The Labute approximate surface area is 96.2 Å². The van der Waals surface area contributed by atoms with Crippen molar-refractivity contribution in [2.45, 2.75) is 0 Å². The van der Waals surface area contributed by atoms with Crippen molar-refractivity contribution in [3.8, 4) is 11.5 Å². The molecule has 0 amide bonds. The first kappa shape index (κ1) is 10.9. The van der Waals surface area contributed by atoms with Gasteiger partial charge in [0.2, 0.25) is 0 Å². The van der Waals surface area contributed by atoms with E-state index in [2.05, 4.69) is 0 Å². The summed E-state index contributed by atoms with van der Waals surface area (Å²) < 4.78 is 31.3. The zero-order valence-corrected chi connectivity index (χ0v) is 8.84. The van der Waals surface area contributed by atoms with Crippen molar-refractivity contribution in [3.63, 3.8) is 0 Å². The number of halogens is 3. The molecule has 2 rings (SSSR count). The molecule has 0 bridgehead atoms. The molecule has 82 valence electrons. The van der Waals surface area contributed by atoms with Crippen LogP contribution in [0.2, 0.25) is 5.02 Å². The highest BCUT2D eigenvalue weighted by molar-refractivity contribution is 6.30. The maximum absolute atomic E-state index is 13.4. The van der Waals surface area contributed by atoms with Gasteiger partial charge in [-0.15, -0.1) is 0 Å². The molecule has 0 fully saturated rings. The second-order valence-corrected chi connectivity index (χ2v) is 3.52. The topological polar surface area (TPSA) is 9.23 Å². The molecule has 2 aromatic rings. The van der Waals surface area contributed by atoms with Gasteiger partial charge in [0.05, 0.1) is 5.02 Å². The minimum absolute atomic E-state index is 0.0131. The van der Waals surface area contributed by atoms with Gasteiger partial charge in [0.1, 0.15) is 11.6 Å². The number of rotatable bonds is 2. The normalized spacial score (nSPS) is 10.2. The van der Waals surface area contributed by atoms with Crippen molar-refractivity contribution >= 4 is 11.6 Å². The molecular formula is C12H7ClF2O. The average molecular weight is 241 g/mol. The quantitative estimate of drug-likeness (QED) is 0.756. The zero-order valence-electron chi connectivity index (χ0n) is 8.08. The molecule has 0 spiro atoms. The lowest BCUT2D eigenvalue weighted by Crippen LogP contribution is -1.88. The largest absolute Gasteiger partial charge is 0.454 e. The molecule has 0 radical (unpaired) electrons. The van der Waals surface area contributed by atoms with E-state index in [4.69, 9.17) is 16.3 Å². The van der Waals surface area contributed by atoms with E-state index in [0.717, 1.165) is 0 Å². The van der Waals surface area contributed by atoms with Crippen LogP contribution in [0.25, 0.3) is 0 Å². The predicted molar refractivity (Wildman–Crippen MR) is 57.9 cm³/mol. The Morgan fingerprint density at radius 1 is 0.938 bits per heavy atom. The van der Waals surface area contributed by atoms with Gasteiger partial charge in [-0.05, 0) is 36.4 Å². The van der Waals surface area contributed by atoms with E-state index in [-0.39, 0.29) is 16.6 Å². The zero-order chi connectivity index (χ0) is 11.5. The predicted octanol–water partition coefficient (Wildman–Crippen LogP) is 4.41. The first-order valence-electron chi connectivity index (χ1n) is 4.54. The molecular weight excluding hydrogens is 234 g/mol. The smallest absolute Gasteiger partial charge is 0.184 e. The minimum atomic E-state index is -0.631. The highest BCUT2D eigenvalue weighted by Gasteiger charge is 2.08. The lowest BCUT2D eigenvalue weighted by atomic mass is 10.3. The number of hydrogen-bond donors (Lipinski definition) is 0. The Bertz CT molecular complexity index is 497. The van der Waals surface area contributed by atoms with Crippen LogP contribution in [-0.2, 0) is 0 Å². The monoisotopic (exact) mass is 240 g/mol. The second-order valence-electron chi connectivity index (χ2n) is 3.11. The Balaban J connectivity index is 2.27. The van der Waals surface area contributed by atoms with E-state index in [1.807, 2.05) is 0 Å². The molecule has 0 saturated carbocycles. The van der Waals surface area contributed by atoms with E-state index in [1.165, 1.54) is 36.4 Å². The van der Waals surface area contributed by atoms with Crippen molar-refractivity contribution in [1.29, 1.82) is 0 Å². The van der Waals surface area contributed by atoms with E-state index in [1.54, 1.807) is 6.07 Å². The van der Waals surface area contributed by atoms with Crippen LogP contribution in [0.1, 0.15) is 0 Å². The molecule has 1 nitrogen and oxygen atoms in total. The molecule has 0 atom stereocenters. The number of hydrogen-bond acceptors (Lipinski definition) is 1. The molecule has 0 aliphatic rings. The first-order chi connectivity index (χ1) is 7.66. The molecule has 0 N–H and O–H groups in total. The van der Waals surface area contributed by atoms with Crippen molar-refractivity contribution in [3.05, 3.63) is 59.1 Å². The lowest BCUT2D eigenvalue weighted by molar-refractivity contribution is 0.441. The number of ether oxygens (including phenoxy) is 1. The molecule has 0 unspecified atom stereocenters. The highest BCUT2D eigenvalue weighted by Crippen LogP contribution is 2.28. The summed E-state index contributed by atoms with van der Waals surface area (Å²) >= 11 is 5.59. The first-order valence-corrected chi connectivity index (χ1v) is 4.92. The van der Waals surface area contributed by atoms with Gasteiger partial charge in [0.25, 0.3) is 0 Å². The van der Waals surface area contributed by atoms with E-state index in [9.17, 15) is 8.78 Å². The van der Waals surface area contributed by atoms with E-state index < -0.39 is 5.82 Å². The van der Waals surface area contributed by atoms with Gasteiger partial charge in [0.15, 0.2) is 11.6 Å². The summed E-state index contributed by atoms with van der Waals surface area (Å²) in [5.41, 5.74) is 0. The van der Waals surface area contributed by atoms with Gasteiger partial charge < -0.3 is 4.74 Å². The van der Waals surface area contributed by atoms with Crippen LogP contribution >= 0.6 is 11.6 Å². The van der Waals surface area contributed by atoms with Crippen molar-refractivity contribution in [2.75, 3.05) is 0 Å². The summed E-state index contributed by atoms with van der Waals surface area (Å²) in [4.78, 5) is 0. The third-order valence-electron chi connectivity index (χ3n) is 1.96. The van der Waals surface area contributed by atoms with E-state index in [0.29, 0.717) is 5.75 Å². The Hall–Kier alpha value is -1.61. The van der Waals surface area contributed by atoms with Crippen molar-refractivity contribution in [2.24, 2.45) is 0 Å². The molecule has 0 aromatic heterocycles. The number of benzene rings is 2. The molecule has 2 aromatic carbocycles. The molecule has 16 heavy (non-hydrogen) atoms. The van der Waals surface area contributed by atoms with Gasteiger partial charge in [-0.3, -0.25) is 0 Å². The molecule has 4 heteroatoms. The Morgan fingerprint density at radius 3 is 2.31 bits per heavy atom. The van der Waals surface area contributed by atoms with Crippen LogP contribution < -0.4 is 4.74 Å². The maximum atomic E-state index is 13.4. The fourth-order valence-electron chi connectivity index (χ4n) is 1.19. The van der Waals surface area contributed by atoms with Crippen LogP contribution in [-0.4, -0.2) is 0 Å². The fraction of sp³-hybridized carbons (Fsp3) is 0. The van der Waals surface area contributed by atoms with Gasteiger partial charge >= 0.3 is 0 Å². The summed E-state index contributed by atoms with van der Waals surface area (Å²) in [6.45, 7) is 0. The van der Waals surface area contributed by atoms with Crippen LogP contribution in [0.4, 0.5) is 8.78 Å². The van der Waals surface area contributed by atoms with Crippen molar-refractivity contribution in [1.82, 2.24) is 0 Å². The van der Waals surface area contributed by atoms with Gasteiger partial charge in [-0.25, -0.2) is 8.78 Å². The van der Waals surface area contributed by atoms with Crippen LogP contribution in [0.3, 0.4) is 0 Å². The summed E-state index contributed by atoms with van der Waals surface area (Å²) in [6.07, 6.45) is 0. The van der Waals surface area contributed by atoms with Crippen LogP contribution in [0.15, 0.2) is 42.5 Å². The third kappa shape index (κ3) is 2.31. The summed E-state index contributed by atoms with van der Waals surface area (Å²) in [7, 11) is 0. The molecule has 0 saturated heterocycles. The van der Waals surface area contributed by atoms with Crippen molar-refractivity contribution < 1.29 is 13.5 Å². The van der Waals surface area contributed by atoms with Gasteiger partial charge in [-0.1, -0.05) is 17.7 Å². The third-order valence-corrected chi connectivity index (χ3v) is 2.25. The van der Waals surface area contributed by atoms with Crippen LogP contribution in [0.5, 0.6) is 11.5 Å². The molecule has 0 heterocycles. The summed E-state index contributed by atoms with van der Waals surface area (Å²) in [5, 5.41) is -0.0142. The minimum Gasteiger partial charge on any atom is -0.454 e. The molecule has 0 aliphatic heterocycles. The summed E-state index contributed by atoms with van der Waals surface area (Å²) in [6, 6.07) is 9.74. The SMILES string of the molecule is Fc1ccc(Oc2cccc(Cl)c2F)cc1. The Kier molecular flexibility index (Phi) is 3.06. The Morgan fingerprint density at radius 2 is 1.62 bits per heavy atom. The molecule has 0 aliphatic carbocycles.